The number of morpholine rings is 1. The minimum atomic E-state index is 0.313. The third-order valence-corrected chi connectivity index (χ3v) is 4.00. The molecule has 1 saturated heterocycles. The van der Waals surface area contributed by atoms with Crippen molar-refractivity contribution < 1.29 is 4.74 Å². The Morgan fingerprint density at radius 2 is 2.50 bits per heavy atom. The predicted octanol–water partition coefficient (Wildman–Crippen LogP) is 0.788. The van der Waals surface area contributed by atoms with Gasteiger partial charge in [-0.1, -0.05) is 25.6 Å². The molecule has 5 heteroatoms. The van der Waals surface area contributed by atoms with Gasteiger partial charge in [0.2, 0.25) is 0 Å². The summed E-state index contributed by atoms with van der Waals surface area (Å²) in [5, 5.41) is 5.10. The second kappa shape index (κ2) is 5.89. The molecule has 0 amide bonds. The fourth-order valence-corrected chi connectivity index (χ4v) is 2.81. The van der Waals surface area contributed by atoms with Crippen LogP contribution in [0.25, 0.3) is 0 Å². The number of amidine groups is 1. The van der Waals surface area contributed by atoms with Gasteiger partial charge < -0.3 is 10.1 Å². The lowest BCUT2D eigenvalue weighted by Gasteiger charge is -2.32. The highest BCUT2D eigenvalue weighted by Crippen LogP contribution is 2.18. The second-order valence-electron chi connectivity index (χ2n) is 4.34. The molecule has 1 N–H and O–H groups in total. The van der Waals surface area contributed by atoms with Crippen LogP contribution < -0.4 is 5.32 Å². The molecule has 2 heterocycles. The highest BCUT2D eigenvalue weighted by molar-refractivity contribution is 8.14. The molecule has 0 aromatic rings. The number of nitrogens with zero attached hydrogens (tertiary/aromatic N) is 2. The van der Waals surface area contributed by atoms with Crippen molar-refractivity contribution in [1.82, 2.24) is 10.2 Å². The van der Waals surface area contributed by atoms with Gasteiger partial charge in [0, 0.05) is 24.9 Å². The summed E-state index contributed by atoms with van der Waals surface area (Å²) in [6, 6.07) is 0. The van der Waals surface area contributed by atoms with E-state index in [-0.39, 0.29) is 0 Å². The molecular weight excluding hydrogens is 222 g/mol. The first-order valence-electron chi connectivity index (χ1n) is 6.07. The van der Waals surface area contributed by atoms with E-state index in [2.05, 4.69) is 29.1 Å². The molecule has 2 aliphatic rings. The van der Waals surface area contributed by atoms with Crippen molar-refractivity contribution in [3.8, 4) is 0 Å². The van der Waals surface area contributed by atoms with E-state index >= 15 is 0 Å². The zero-order valence-electron chi connectivity index (χ0n) is 10.1. The van der Waals surface area contributed by atoms with Gasteiger partial charge in [0.15, 0.2) is 5.17 Å². The van der Waals surface area contributed by atoms with Crippen molar-refractivity contribution in [3.05, 3.63) is 0 Å². The lowest BCUT2D eigenvalue weighted by molar-refractivity contribution is -0.0232. The van der Waals surface area contributed by atoms with Crippen molar-refractivity contribution in [2.75, 3.05) is 39.3 Å². The van der Waals surface area contributed by atoms with E-state index in [0.29, 0.717) is 11.4 Å². The minimum Gasteiger partial charge on any atom is -0.374 e. The monoisotopic (exact) mass is 243 g/mol. The summed E-state index contributed by atoms with van der Waals surface area (Å²) in [6.45, 7) is 10.3. The number of hydrogen-bond acceptors (Lipinski definition) is 5. The average molecular weight is 243 g/mol. The Bertz CT molecular complexity index is 260. The molecule has 0 aliphatic carbocycles. The number of nitrogens with one attached hydrogen (secondary N) is 1. The Balaban J connectivity index is 1.69. The molecule has 92 valence electrons. The van der Waals surface area contributed by atoms with E-state index in [4.69, 9.17) is 4.74 Å². The fourth-order valence-electron chi connectivity index (χ4n) is 1.97. The van der Waals surface area contributed by atoms with Crippen LogP contribution >= 0.6 is 11.8 Å². The number of aliphatic imine (C=N–C) groups is 1. The first-order valence-corrected chi connectivity index (χ1v) is 6.95. The molecular formula is C11H21N3OS. The van der Waals surface area contributed by atoms with Crippen LogP contribution in [0.4, 0.5) is 0 Å². The zero-order valence-corrected chi connectivity index (χ0v) is 10.9. The Morgan fingerprint density at radius 3 is 3.19 bits per heavy atom. The molecule has 0 saturated carbocycles. The van der Waals surface area contributed by atoms with Gasteiger partial charge >= 0.3 is 0 Å². The smallest absolute Gasteiger partial charge is 0.157 e. The molecule has 2 aliphatic heterocycles. The van der Waals surface area contributed by atoms with E-state index in [1.54, 1.807) is 0 Å². The topological polar surface area (TPSA) is 36.9 Å². The maximum absolute atomic E-state index is 5.73. The number of likely N-dealkylation sites (N-methyl/N-ethyl adjacent to an activating group) is 1. The quantitative estimate of drug-likeness (QED) is 0.795. The summed E-state index contributed by atoms with van der Waals surface area (Å²) in [6.07, 6.45) is 0.313. The molecule has 0 aromatic carbocycles. The molecule has 0 radical (unpaired) electrons. The maximum atomic E-state index is 5.73. The van der Waals surface area contributed by atoms with Crippen LogP contribution in [-0.4, -0.2) is 60.8 Å². The van der Waals surface area contributed by atoms with Gasteiger partial charge in [-0.2, -0.15) is 0 Å². The van der Waals surface area contributed by atoms with Crippen LogP contribution in [0.2, 0.25) is 0 Å². The van der Waals surface area contributed by atoms with Crippen molar-refractivity contribution in [2.45, 2.75) is 25.2 Å². The third-order valence-electron chi connectivity index (χ3n) is 2.96. The zero-order chi connectivity index (χ0) is 11.4. The SMILES string of the molecule is CCN1CCOC(CNC2=NCC(C)S2)C1. The van der Waals surface area contributed by atoms with Gasteiger partial charge in [-0.05, 0) is 6.54 Å². The highest BCUT2D eigenvalue weighted by Gasteiger charge is 2.21. The van der Waals surface area contributed by atoms with Crippen LogP contribution in [0.5, 0.6) is 0 Å². The van der Waals surface area contributed by atoms with Crippen LogP contribution in [0.1, 0.15) is 13.8 Å². The molecule has 4 nitrogen and oxygen atoms in total. The normalized spacial score (nSPS) is 31.5. The standard InChI is InChI=1S/C11H21N3OS/c1-3-14-4-5-15-10(8-14)7-13-11-12-6-9(2)16-11/h9-10H,3-8H2,1-2H3,(H,12,13). The number of hydrogen-bond donors (Lipinski definition) is 1. The number of rotatable bonds is 3. The molecule has 0 spiro atoms. The summed E-state index contributed by atoms with van der Waals surface area (Å²) >= 11 is 1.83. The molecule has 0 bridgehead atoms. The van der Waals surface area contributed by atoms with Crippen molar-refractivity contribution in [2.24, 2.45) is 4.99 Å². The van der Waals surface area contributed by atoms with E-state index in [1.165, 1.54) is 0 Å². The van der Waals surface area contributed by atoms with Gasteiger partial charge in [0.25, 0.3) is 0 Å². The Morgan fingerprint density at radius 1 is 1.62 bits per heavy atom. The van der Waals surface area contributed by atoms with Gasteiger partial charge in [-0.3, -0.25) is 9.89 Å². The minimum absolute atomic E-state index is 0.313. The molecule has 2 atom stereocenters. The summed E-state index contributed by atoms with van der Waals surface area (Å²) < 4.78 is 5.73. The maximum Gasteiger partial charge on any atom is 0.157 e. The van der Waals surface area contributed by atoms with Gasteiger partial charge in [0.05, 0.1) is 19.3 Å². The largest absolute Gasteiger partial charge is 0.374 e. The third kappa shape index (κ3) is 3.37. The molecule has 0 aromatic heterocycles. The lowest BCUT2D eigenvalue weighted by Crippen LogP contribution is -2.47. The first-order chi connectivity index (χ1) is 7.78. The summed E-state index contributed by atoms with van der Waals surface area (Å²) in [7, 11) is 0. The molecule has 1 fully saturated rings. The van der Waals surface area contributed by atoms with Crippen molar-refractivity contribution in [1.29, 1.82) is 0 Å². The molecule has 2 rings (SSSR count). The van der Waals surface area contributed by atoms with Crippen molar-refractivity contribution >= 4 is 16.9 Å². The van der Waals surface area contributed by atoms with Gasteiger partial charge in [-0.15, -0.1) is 0 Å². The van der Waals surface area contributed by atoms with Crippen LogP contribution in [0, 0.1) is 0 Å². The number of ether oxygens (including phenoxy) is 1. The average Bonchev–Trinajstić information content (AvgIpc) is 2.73. The number of thioether (sulfide) groups is 1. The van der Waals surface area contributed by atoms with Crippen LogP contribution in [0.3, 0.4) is 0 Å². The van der Waals surface area contributed by atoms with Crippen molar-refractivity contribution in [3.63, 3.8) is 0 Å². The molecule has 2 unspecified atom stereocenters. The van der Waals surface area contributed by atoms with E-state index in [9.17, 15) is 0 Å². The summed E-state index contributed by atoms with van der Waals surface area (Å²) in [5.41, 5.74) is 0. The second-order valence-corrected chi connectivity index (χ2v) is 5.77. The van der Waals surface area contributed by atoms with E-state index < -0.39 is 0 Å². The summed E-state index contributed by atoms with van der Waals surface area (Å²) in [4.78, 5) is 6.87. The fraction of sp³-hybridized carbons (Fsp3) is 0.909. The van der Waals surface area contributed by atoms with Gasteiger partial charge in [-0.25, -0.2) is 0 Å². The Hall–Kier alpha value is -0.260. The van der Waals surface area contributed by atoms with E-state index in [0.717, 1.165) is 44.5 Å². The molecule has 16 heavy (non-hydrogen) atoms. The van der Waals surface area contributed by atoms with E-state index in [1.807, 2.05) is 11.8 Å². The highest BCUT2D eigenvalue weighted by atomic mass is 32.2. The van der Waals surface area contributed by atoms with Gasteiger partial charge in [0.1, 0.15) is 0 Å². The Kier molecular flexibility index (Phi) is 4.49. The van der Waals surface area contributed by atoms with Crippen LogP contribution in [0.15, 0.2) is 4.99 Å². The predicted molar refractivity (Wildman–Crippen MR) is 69.2 cm³/mol. The first kappa shape index (κ1) is 12.2. The van der Waals surface area contributed by atoms with Crippen LogP contribution in [-0.2, 0) is 4.74 Å². The lowest BCUT2D eigenvalue weighted by atomic mass is 10.2. The Labute approximate surface area is 102 Å². The summed E-state index contributed by atoms with van der Waals surface area (Å²) in [5.74, 6) is 0.